The molecule has 0 saturated heterocycles. The highest BCUT2D eigenvalue weighted by Gasteiger charge is 2.12. The zero-order chi connectivity index (χ0) is 17.5. The Morgan fingerprint density at radius 3 is 2.46 bits per heavy atom. The van der Waals surface area contributed by atoms with Crippen LogP contribution in [0.2, 0.25) is 5.02 Å². The zero-order valence-electron chi connectivity index (χ0n) is 13.0. The van der Waals surface area contributed by atoms with Crippen molar-refractivity contribution in [2.75, 3.05) is 11.9 Å². The van der Waals surface area contributed by atoms with Crippen molar-refractivity contribution in [3.8, 4) is 0 Å². The maximum absolute atomic E-state index is 13.4. The zero-order valence-corrected chi connectivity index (χ0v) is 13.7. The quantitative estimate of drug-likeness (QED) is 0.774. The normalized spacial score (nSPS) is 11.6. The fraction of sp³-hybridized carbons (Fsp3) is 0.176. The lowest BCUT2D eigenvalue weighted by Gasteiger charge is -2.14. The topological polar surface area (TPSA) is 70.2 Å². The van der Waals surface area contributed by atoms with Gasteiger partial charge in [-0.05, 0) is 36.8 Å². The van der Waals surface area contributed by atoms with Crippen LogP contribution < -0.4 is 16.0 Å². The van der Waals surface area contributed by atoms with Gasteiger partial charge in [0.1, 0.15) is 5.82 Å². The summed E-state index contributed by atoms with van der Waals surface area (Å²) in [6, 6.07) is 12.0. The van der Waals surface area contributed by atoms with Crippen molar-refractivity contribution in [1.82, 2.24) is 10.6 Å². The standard InChI is InChI=1S/C17H17ClFN3O2/c1-11(12-6-8-13(18)9-7-12)20-10-16(23)22-17(24)21-15-5-3-2-4-14(15)19/h2-9,11,20H,10H2,1H3,(H2,21,22,23,24)/t11-/m0/s1. The molecule has 0 radical (unpaired) electrons. The molecule has 24 heavy (non-hydrogen) atoms. The highest BCUT2D eigenvalue weighted by atomic mass is 35.5. The summed E-state index contributed by atoms with van der Waals surface area (Å²) in [6.07, 6.45) is 0. The number of hydrogen-bond donors (Lipinski definition) is 3. The van der Waals surface area contributed by atoms with Crippen molar-refractivity contribution in [2.45, 2.75) is 13.0 Å². The third-order valence-corrected chi connectivity index (χ3v) is 3.57. The Morgan fingerprint density at radius 2 is 1.79 bits per heavy atom. The fourth-order valence-corrected chi connectivity index (χ4v) is 2.13. The van der Waals surface area contributed by atoms with E-state index in [4.69, 9.17) is 11.6 Å². The van der Waals surface area contributed by atoms with Gasteiger partial charge < -0.3 is 10.6 Å². The van der Waals surface area contributed by atoms with Crippen LogP contribution in [0.4, 0.5) is 14.9 Å². The molecule has 0 heterocycles. The maximum Gasteiger partial charge on any atom is 0.326 e. The second-order valence-electron chi connectivity index (χ2n) is 5.14. The molecular weight excluding hydrogens is 333 g/mol. The van der Waals surface area contributed by atoms with E-state index in [0.29, 0.717) is 5.02 Å². The molecule has 0 aliphatic heterocycles. The molecule has 7 heteroatoms. The van der Waals surface area contributed by atoms with Crippen LogP contribution in [0, 0.1) is 5.82 Å². The summed E-state index contributed by atoms with van der Waals surface area (Å²) >= 11 is 5.82. The van der Waals surface area contributed by atoms with E-state index in [9.17, 15) is 14.0 Å². The maximum atomic E-state index is 13.4. The van der Waals surface area contributed by atoms with E-state index < -0.39 is 17.8 Å². The minimum atomic E-state index is -0.786. The van der Waals surface area contributed by atoms with Crippen molar-refractivity contribution < 1.29 is 14.0 Å². The molecule has 3 amide bonds. The molecule has 0 bridgehead atoms. The monoisotopic (exact) mass is 349 g/mol. The number of halogens is 2. The molecule has 0 saturated carbocycles. The van der Waals surface area contributed by atoms with Crippen molar-refractivity contribution in [3.05, 3.63) is 64.9 Å². The molecule has 0 fully saturated rings. The van der Waals surface area contributed by atoms with E-state index in [1.807, 2.05) is 19.1 Å². The number of rotatable bonds is 5. The van der Waals surface area contributed by atoms with Gasteiger partial charge in [-0.3, -0.25) is 10.1 Å². The molecule has 0 aliphatic rings. The summed E-state index contributed by atoms with van der Waals surface area (Å²) in [5.41, 5.74) is 0.966. The molecule has 0 unspecified atom stereocenters. The highest BCUT2D eigenvalue weighted by Crippen LogP contribution is 2.15. The summed E-state index contributed by atoms with van der Waals surface area (Å²) < 4.78 is 13.4. The molecule has 2 rings (SSSR count). The summed E-state index contributed by atoms with van der Waals surface area (Å²) in [7, 11) is 0. The van der Waals surface area contributed by atoms with Gasteiger partial charge in [0.15, 0.2) is 0 Å². The SMILES string of the molecule is C[C@H](NCC(=O)NC(=O)Nc1ccccc1F)c1ccc(Cl)cc1. The van der Waals surface area contributed by atoms with Crippen LogP contribution in [0.3, 0.4) is 0 Å². The summed E-state index contributed by atoms with van der Waals surface area (Å²) in [5.74, 6) is -1.10. The van der Waals surface area contributed by atoms with Crippen molar-refractivity contribution in [1.29, 1.82) is 0 Å². The number of hydrogen-bond acceptors (Lipinski definition) is 3. The largest absolute Gasteiger partial charge is 0.326 e. The summed E-state index contributed by atoms with van der Waals surface area (Å²) in [5, 5.41) is 8.03. The Morgan fingerprint density at radius 1 is 1.12 bits per heavy atom. The average Bonchev–Trinajstić information content (AvgIpc) is 2.55. The predicted molar refractivity (Wildman–Crippen MR) is 91.4 cm³/mol. The van der Waals surface area contributed by atoms with Gasteiger partial charge in [0.2, 0.25) is 5.91 Å². The first-order valence-corrected chi connectivity index (χ1v) is 7.67. The Balaban J connectivity index is 1.79. The van der Waals surface area contributed by atoms with Crippen LogP contribution in [0.1, 0.15) is 18.5 Å². The van der Waals surface area contributed by atoms with Crippen LogP contribution >= 0.6 is 11.6 Å². The second-order valence-corrected chi connectivity index (χ2v) is 5.57. The third-order valence-electron chi connectivity index (χ3n) is 3.31. The van der Waals surface area contributed by atoms with Crippen LogP contribution in [-0.2, 0) is 4.79 Å². The number of amides is 3. The Hall–Kier alpha value is -2.44. The fourth-order valence-electron chi connectivity index (χ4n) is 2.00. The number of anilines is 1. The molecule has 5 nitrogen and oxygen atoms in total. The first-order chi connectivity index (χ1) is 11.5. The van der Waals surface area contributed by atoms with E-state index in [1.54, 1.807) is 18.2 Å². The number of carbonyl (C=O) groups excluding carboxylic acids is 2. The minimum absolute atomic E-state index is 0.00490. The molecule has 2 aromatic carbocycles. The third kappa shape index (κ3) is 5.33. The lowest BCUT2D eigenvalue weighted by molar-refractivity contribution is -0.119. The van der Waals surface area contributed by atoms with Crippen LogP contribution in [0.25, 0.3) is 0 Å². The number of nitrogens with one attached hydrogen (secondary N) is 3. The van der Waals surface area contributed by atoms with Gasteiger partial charge in [0.05, 0.1) is 12.2 Å². The average molecular weight is 350 g/mol. The summed E-state index contributed by atoms with van der Waals surface area (Å²) in [6.45, 7) is 1.82. The van der Waals surface area contributed by atoms with Gasteiger partial charge in [-0.15, -0.1) is 0 Å². The molecule has 3 N–H and O–H groups in total. The molecule has 0 spiro atoms. The van der Waals surface area contributed by atoms with Gasteiger partial charge in [-0.2, -0.15) is 0 Å². The van der Waals surface area contributed by atoms with Gasteiger partial charge >= 0.3 is 6.03 Å². The van der Waals surface area contributed by atoms with E-state index >= 15 is 0 Å². The highest BCUT2D eigenvalue weighted by molar-refractivity contribution is 6.30. The summed E-state index contributed by atoms with van der Waals surface area (Å²) in [4.78, 5) is 23.4. The lowest BCUT2D eigenvalue weighted by atomic mass is 10.1. The van der Waals surface area contributed by atoms with Crippen LogP contribution in [0.5, 0.6) is 0 Å². The molecule has 0 aliphatic carbocycles. The van der Waals surface area contributed by atoms with Crippen molar-refractivity contribution >= 4 is 29.2 Å². The Kier molecular flexibility index (Phi) is 6.28. The van der Waals surface area contributed by atoms with Crippen molar-refractivity contribution in [3.63, 3.8) is 0 Å². The molecule has 126 valence electrons. The number of imide groups is 1. The van der Waals surface area contributed by atoms with Gasteiger partial charge in [0.25, 0.3) is 0 Å². The lowest BCUT2D eigenvalue weighted by Crippen LogP contribution is -2.40. The number of para-hydroxylation sites is 1. The van der Waals surface area contributed by atoms with Gasteiger partial charge in [0, 0.05) is 11.1 Å². The van der Waals surface area contributed by atoms with Crippen LogP contribution in [0.15, 0.2) is 48.5 Å². The number of carbonyl (C=O) groups is 2. The predicted octanol–water partition coefficient (Wildman–Crippen LogP) is 3.48. The smallest absolute Gasteiger partial charge is 0.305 e. The first-order valence-electron chi connectivity index (χ1n) is 7.30. The van der Waals surface area contributed by atoms with E-state index in [0.717, 1.165) is 5.56 Å². The minimum Gasteiger partial charge on any atom is -0.305 e. The van der Waals surface area contributed by atoms with Crippen LogP contribution in [-0.4, -0.2) is 18.5 Å². The number of urea groups is 1. The molecule has 0 aromatic heterocycles. The first kappa shape index (κ1) is 17.9. The van der Waals surface area contributed by atoms with E-state index in [1.165, 1.54) is 18.2 Å². The van der Waals surface area contributed by atoms with E-state index in [-0.39, 0.29) is 18.3 Å². The molecule has 2 aromatic rings. The van der Waals surface area contributed by atoms with Gasteiger partial charge in [-0.1, -0.05) is 35.9 Å². The molecule has 1 atom stereocenters. The second kappa shape index (κ2) is 8.42. The van der Waals surface area contributed by atoms with Gasteiger partial charge in [-0.25, -0.2) is 9.18 Å². The molecular formula is C17H17ClFN3O2. The van der Waals surface area contributed by atoms with E-state index in [2.05, 4.69) is 16.0 Å². The number of benzene rings is 2. The Labute approximate surface area is 144 Å². The van der Waals surface area contributed by atoms with Crippen molar-refractivity contribution in [2.24, 2.45) is 0 Å². The Bertz CT molecular complexity index is 722.